The third kappa shape index (κ3) is 2.67. The number of aryl methyl sites for hydroxylation is 3. The Bertz CT molecular complexity index is 833. The average Bonchev–Trinajstić information content (AvgIpc) is 3.05. The van der Waals surface area contributed by atoms with Crippen LogP contribution in [0.1, 0.15) is 27.8 Å². The maximum absolute atomic E-state index is 12.1. The van der Waals surface area contributed by atoms with E-state index in [0.29, 0.717) is 18.9 Å². The molecule has 0 unspecified atom stereocenters. The summed E-state index contributed by atoms with van der Waals surface area (Å²) in [5.41, 5.74) is 1.74. The summed E-state index contributed by atoms with van der Waals surface area (Å²) in [5.74, 6) is 1.17. The van der Waals surface area contributed by atoms with E-state index in [1.165, 1.54) is 0 Å². The molecule has 8 heteroatoms. The van der Waals surface area contributed by atoms with Gasteiger partial charge >= 0.3 is 0 Å². The van der Waals surface area contributed by atoms with Crippen LogP contribution in [-0.4, -0.2) is 41.6 Å². The highest BCUT2D eigenvalue weighted by Crippen LogP contribution is 2.05. The highest BCUT2D eigenvalue weighted by molar-refractivity contribution is 5.90. The highest BCUT2D eigenvalue weighted by Gasteiger charge is 2.14. The third-order valence-corrected chi connectivity index (χ3v) is 3.38. The van der Waals surface area contributed by atoms with Gasteiger partial charge in [-0.3, -0.25) is 4.79 Å². The van der Waals surface area contributed by atoms with Gasteiger partial charge < -0.3 is 9.88 Å². The van der Waals surface area contributed by atoms with Crippen molar-refractivity contribution in [2.45, 2.75) is 27.3 Å². The van der Waals surface area contributed by atoms with E-state index in [9.17, 15) is 4.79 Å². The average molecular weight is 299 g/mol. The molecular weight excluding hydrogens is 282 g/mol. The van der Waals surface area contributed by atoms with Gasteiger partial charge in [0, 0.05) is 36.9 Å². The first kappa shape index (κ1) is 14.2. The van der Waals surface area contributed by atoms with Gasteiger partial charge in [0.1, 0.15) is 5.82 Å². The van der Waals surface area contributed by atoms with E-state index in [4.69, 9.17) is 0 Å². The van der Waals surface area contributed by atoms with Crippen LogP contribution in [0.25, 0.3) is 5.78 Å². The summed E-state index contributed by atoms with van der Waals surface area (Å²) < 4.78 is 3.54. The van der Waals surface area contributed by atoms with Crippen molar-refractivity contribution in [2.75, 3.05) is 6.54 Å². The van der Waals surface area contributed by atoms with Crippen LogP contribution in [0.5, 0.6) is 0 Å². The summed E-state index contributed by atoms with van der Waals surface area (Å²) in [6.07, 6.45) is 3.61. The topological polar surface area (TPSA) is 90.0 Å². The van der Waals surface area contributed by atoms with Crippen molar-refractivity contribution in [2.24, 2.45) is 0 Å². The summed E-state index contributed by atoms with van der Waals surface area (Å²) >= 11 is 0. The minimum atomic E-state index is -0.305. The second-order valence-corrected chi connectivity index (χ2v) is 5.11. The summed E-state index contributed by atoms with van der Waals surface area (Å²) in [4.78, 5) is 24.7. The molecule has 22 heavy (non-hydrogen) atoms. The molecule has 3 aromatic heterocycles. The maximum Gasteiger partial charge on any atom is 0.291 e. The number of nitrogens with one attached hydrogen (secondary N) is 1. The lowest BCUT2D eigenvalue weighted by Crippen LogP contribution is -2.28. The molecule has 3 rings (SSSR count). The van der Waals surface area contributed by atoms with Crippen LogP contribution in [0.15, 0.2) is 18.5 Å². The number of hydrogen-bond acceptors (Lipinski definition) is 5. The lowest BCUT2D eigenvalue weighted by molar-refractivity contribution is 0.0942. The predicted molar refractivity (Wildman–Crippen MR) is 79.6 cm³/mol. The fourth-order valence-electron chi connectivity index (χ4n) is 2.27. The van der Waals surface area contributed by atoms with Gasteiger partial charge in [-0.15, -0.1) is 5.10 Å². The van der Waals surface area contributed by atoms with Crippen LogP contribution >= 0.6 is 0 Å². The lowest BCUT2D eigenvalue weighted by atomic mass is 10.4. The van der Waals surface area contributed by atoms with E-state index < -0.39 is 0 Å². The number of amides is 1. The number of carbonyl (C=O) groups excluding carboxylic acids is 1. The SMILES string of the molecule is Cc1cc(C)n2nc(C(=O)NCCn3ccnc3C)nc2n1. The van der Waals surface area contributed by atoms with E-state index in [1.54, 1.807) is 10.7 Å². The molecule has 3 heterocycles. The first-order valence-corrected chi connectivity index (χ1v) is 7.01. The molecule has 0 aliphatic heterocycles. The number of fused-ring (bicyclic) bond motifs is 1. The van der Waals surface area contributed by atoms with Gasteiger partial charge in [0.05, 0.1) is 0 Å². The van der Waals surface area contributed by atoms with Crippen LogP contribution in [0.4, 0.5) is 0 Å². The molecule has 0 atom stereocenters. The summed E-state index contributed by atoms with van der Waals surface area (Å²) in [6.45, 7) is 6.84. The Morgan fingerprint density at radius 2 is 2.09 bits per heavy atom. The summed E-state index contributed by atoms with van der Waals surface area (Å²) in [5, 5.41) is 7.00. The van der Waals surface area contributed by atoms with Crippen LogP contribution in [0, 0.1) is 20.8 Å². The predicted octanol–water partition coefficient (Wildman–Crippen LogP) is 0.676. The molecule has 0 aliphatic carbocycles. The van der Waals surface area contributed by atoms with E-state index in [-0.39, 0.29) is 11.7 Å². The first-order valence-electron chi connectivity index (χ1n) is 7.01. The Kier molecular flexibility index (Phi) is 3.58. The normalized spacial score (nSPS) is 11.0. The van der Waals surface area contributed by atoms with Crippen molar-refractivity contribution in [1.29, 1.82) is 0 Å². The van der Waals surface area contributed by atoms with Gasteiger partial charge in [0.2, 0.25) is 5.82 Å². The molecule has 1 N–H and O–H groups in total. The molecule has 8 nitrogen and oxygen atoms in total. The number of aromatic nitrogens is 6. The Labute approximate surface area is 127 Å². The van der Waals surface area contributed by atoms with E-state index in [1.807, 2.05) is 37.6 Å². The number of rotatable bonds is 4. The lowest BCUT2D eigenvalue weighted by Gasteiger charge is -2.05. The Morgan fingerprint density at radius 1 is 1.27 bits per heavy atom. The van der Waals surface area contributed by atoms with Gasteiger partial charge in [-0.1, -0.05) is 0 Å². The largest absolute Gasteiger partial charge is 0.347 e. The standard InChI is InChI=1S/C14H17N7O/c1-9-8-10(2)21-14(17-9)18-12(19-21)13(22)16-5-7-20-6-4-15-11(20)3/h4,6,8H,5,7H2,1-3H3,(H,16,22). The molecule has 1 amide bonds. The molecule has 0 fully saturated rings. The fraction of sp³-hybridized carbons (Fsp3) is 0.357. The molecule has 0 saturated carbocycles. The van der Waals surface area contributed by atoms with Crippen LogP contribution in [0.3, 0.4) is 0 Å². The molecule has 3 aromatic rings. The number of nitrogens with zero attached hydrogens (tertiary/aromatic N) is 6. The van der Waals surface area contributed by atoms with Crippen LogP contribution in [0.2, 0.25) is 0 Å². The van der Waals surface area contributed by atoms with Crippen molar-refractivity contribution < 1.29 is 4.79 Å². The van der Waals surface area contributed by atoms with E-state index >= 15 is 0 Å². The van der Waals surface area contributed by atoms with Gasteiger partial charge in [0.25, 0.3) is 11.7 Å². The molecular formula is C14H17N7O. The van der Waals surface area contributed by atoms with Crippen molar-refractivity contribution >= 4 is 11.7 Å². The summed E-state index contributed by atoms with van der Waals surface area (Å²) in [7, 11) is 0. The zero-order valence-electron chi connectivity index (χ0n) is 12.7. The van der Waals surface area contributed by atoms with Gasteiger partial charge in [-0.2, -0.15) is 4.98 Å². The Morgan fingerprint density at radius 3 is 2.82 bits per heavy atom. The molecule has 0 bridgehead atoms. The highest BCUT2D eigenvalue weighted by atomic mass is 16.2. The quantitative estimate of drug-likeness (QED) is 0.765. The minimum Gasteiger partial charge on any atom is -0.347 e. The maximum atomic E-state index is 12.1. The van der Waals surface area contributed by atoms with E-state index in [2.05, 4.69) is 25.4 Å². The molecule has 0 saturated heterocycles. The van der Waals surface area contributed by atoms with Gasteiger partial charge in [0.15, 0.2) is 0 Å². The minimum absolute atomic E-state index is 0.128. The zero-order chi connectivity index (χ0) is 15.7. The van der Waals surface area contributed by atoms with Crippen LogP contribution in [-0.2, 0) is 6.54 Å². The van der Waals surface area contributed by atoms with Crippen molar-refractivity contribution in [1.82, 2.24) is 34.4 Å². The summed E-state index contributed by atoms with van der Waals surface area (Å²) in [6, 6.07) is 1.89. The van der Waals surface area contributed by atoms with Gasteiger partial charge in [-0.25, -0.2) is 14.5 Å². The zero-order valence-corrected chi connectivity index (χ0v) is 12.7. The van der Waals surface area contributed by atoms with Crippen LogP contribution < -0.4 is 5.32 Å². The van der Waals surface area contributed by atoms with Gasteiger partial charge in [-0.05, 0) is 26.8 Å². The second kappa shape index (κ2) is 5.55. The Hall–Kier alpha value is -2.77. The monoisotopic (exact) mass is 299 g/mol. The van der Waals surface area contributed by atoms with Crippen molar-refractivity contribution in [3.8, 4) is 0 Å². The Balaban J connectivity index is 1.70. The number of imidazole rings is 1. The molecule has 0 spiro atoms. The fourth-order valence-corrected chi connectivity index (χ4v) is 2.27. The second-order valence-electron chi connectivity index (χ2n) is 5.11. The van der Waals surface area contributed by atoms with Crippen molar-refractivity contribution in [3.63, 3.8) is 0 Å². The molecule has 114 valence electrons. The van der Waals surface area contributed by atoms with Crippen molar-refractivity contribution in [3.05, 3.63) is 41.5 Å². The molecule has 0 aliphatic rings. The number of hydrogen-bond donors (Lipinski definition) is 1. The third-order valence-electron chi connectivity index (χ3n) is 3.38. The molecule has 0 radical (unpaired) electrons. The smallest absolute Gasteiger partial charge is 0.291 e. The number of carbonyl (C=O) groups is 1. The first-order chi connectivity index (χ1) is 10.5. The van der Waals surface area contributed by atoms with E-state index in [0.717, 1.165) is 17.2 Å². The molecule has 0 aromatic carbocycles.